The second-order valence-electron chi connectivity index (χ2n) is 5.62. The number of rotatable bonds is 2. The fourth-order valence-corrected chi connectivity index (χ4v) is 4.02. The summed E-state index contributed by atoms with van der Waals surface area (Å²) in [5.41, 5.74) is 0.627. The Bertz CT molecular complexity index is 640. The normalized spacial score (nSPS) is 25.4. The molecule has 6 heteroatoms. The summed E-state index contributed by atoms with van der Waals surface area (Å²) in [5, 5.41) is 3.14. The molecule has 2 aliphatic heterocycles. The smallest absolute Gasteiger partial charge is 0.286 e. The van der Waals surface area contributed by atoms with E-state index >= 15 is 0 Å². The van der Waals surface area contributed by atoms with Gasteiger partial charge in [0.05, 0.1) is 12.2 Å². The predicted octanol–water partition coefficient (Wildman–Crippen LogP) is 1.93. The first-order valence-electron chi connectivity index (χ1n) is 6.97. The quantitative estimate of drug-likeness (QED) is 0.905. The summed E-state index contributed by atoms with van der Waals surface area (Å²) in [7, 11) is -3.56. The van der Waals surface area contributed by atoms with Gasteiger partial charge in [-0.2, -0.15) is 8.42 Å². The fourth-order valence-electron chi connectivity index (χ4n) is 2.88. The molecule has 1 aromatic rings. The topological polar surface area (TPSA) is 61.8 Å². The average molecular weight is 293 g/mol. The summed E-state index contributed by atoms with van der Waals surface area (Å²) in [5.74, 6) is 1.19. The number of fused-ring (bicyclic) bond motifs is 1. The van der Waals surface area contributed by atoms with E-state index in [1.54, 1.807) is 18.2 Å². The van der Waals surface area contributed by atoms with Crippen molar-refractivity contribution in [2.75, 3.05) is 25.0 Å². The van der Waals surface area contributed by atoms with Crippen molar-refractivity contribution in [1.29, 1.82) is 0 Å². The predicted molar refractivity (Wildman–Crippen MR) is 79.5 cm³/mol. The minimum atomic E-state index is -3.56. The van der Waals surface area contributed by atoms with Crippen molar-refractivity contribution in [1.82, 2.24) is 4.90 Å². The zero-order chi connectivity index (χ0) is 14.2. The van der Waals surface area contributed by atoms with Gasteiger partial charge < -0.3 is 5.32 Å². The molecule has 0 spiro atoms. The van der Waals surface area contributed by atoms with Crippen molar-refractivity contribution in [3.05, 3.63) is 24.3 Å². The van der Waals surface area contributed by atoms with Crippen LogP contribution in [0.5, 0.6) is 0 Å². The zero-order valence-electron chi connectivity index (χ0n) is 11.5. The van der Waals surface area contributed by atoms with E-state index in [9.17, 15) is 8.42 Å². The molecule has 1 saturated heterocycles. The van der Waals surface area contributed by atoms with Gasteiger partial charge in [0.15, 0.2) is 0 Å². The van der Waals surface area contributed by atoms with Crippen LogP contribution in [0.25, 0.3) is 0 Å². The number of hydrogen-bond acceptors (Lipinski definition) is 4. The second kappa shape index (κ2) is 5.18. The highest BCUT2D eigenvalue weighted by molar-refractivity contribution is 7.90. The third-order valence-corrected chi connectivity index (χ3v) is 5.16. The summed E-state index contributed by atoms with van der Waals surface area (Å²) >= 11 is 0. The van der Waals surface area contributed by atoms with Gasteiger partial charge in [0.2, 0.25) is 0 Å². The lowest BCUT2D eigenvalue weighted by Gasteiger charge is -2.31. The summed E-state index contributed by atoms with van der Waals surface area (Å²) < 4.78 is 28.2. The molecule has 0 bridgehead atoms. The minimum absolute atomic E-state index is 0.260. The van der Waals surface area contributed by atoms with Crippen LogP contribution in [0.2, 0.25) is 0 Å². The monoisotopic (exact) mass is 293 g/mol. The molecule has 0 amide bonds. The number of anilines is 1. The highest BCUT2D eigenvalue weighted by atomic mass is 32.2. The largest absolute Gasteiger partial charge is 0.341 e. The molecule has 1 N–H and O–H groups in total. The minimum Gasteiger partial charge on any atom is -0.341 e. The van der Waals surface area contributed by atoms with Crippen LogP contribution in [0.3, 0.4) is 0 Å². The Hall–Kier alpha value is -1.40. The Morgan fingerprint density at radius 3 is 3.00 bits per heavy atom. The van der Waals surface area contributed by atoms with E-state index in [0.29, 0.717) is 24.0 Å². The fraction of sp³-hybridized carbons (Fsp3) is 0.500. The maximum absolute atomic E-state index is 12.1. The molecule has 0 saturated carbocycles. The van der Waals surface area contributed by atoms with Gasteiger partial charge in [-0.1, -0.05) is 19.1 Å². The molecule has 0 unspecified atom stereocenters. The second-order valence-corrected chi connectivity index (χ2v) is 7.19. The molecule has 108 valence electrons. The number of hydrogen-bond donors (Lipinski definition) is 1. The Labute approximate surface area is 119 Å². The zero-order valence-corrected chi connectivity index (χ0v) is 12.4. The molecule has 20 heavy (non-hydrogen) atoms. The lowest BCUT2D eigenvalue weighted by atomic mass is 10.0. The molecule has 1 atom stereocenters. The van der Waals surface area contributed by atoms with Crippen LogP contribution in [0.4, 0.5) is 5.69 Å². The molecule has 2 aliphatic rings. The highest BCUT2D eigenvalue weighted by Gasteiger charge is 2.26. The van der Waals surface area contributed by atoms with Crippen LogP contribution in [-0.2, 0) is 10.0 Å². The number of piperidine rings is 1. The van der Waals surface area contributed by atoms with E-state index in [2.05, 4.69) is 21.5 Å². The van der Waals surface area contributed by atoms with E-state index < -0.39 is 10.0 Å². The average Bonchev–Trinajstić information content (AvgIpc) is 2.38. The van der Waals surface area contributed by atoms with Crippen molar-refractivity contribution in [2.24, 2.45) is 10.3 Å². The van der Waals surface area contributed by atoms with Gasteiger partial charge in [-0.3, -0.25) is 4.90 Å². The Balaban J connectivity index is 1.81. The van der Waals surface area contributed by atoms with Crippen LogP contribution >= 0.6 is 0 Å². The van der Waals surface area contributed by atoms with E-state index in [4.69, 9.17) is 0 Å². The Morgan fingerprint density at radius 1 is 1.40 bits per heavy atom. The molecule has 2 heterocycles. The molecule has 0 aromatic heterocycles. The summed E-state index contributed by atoms with van der Waals surface area (Å²) in [6.07, 6.45) is 2.41. The number of para-hydroxylation sites is 1. The van der Waals surface area contributed by atoms with Crippen molar-refractivity contribution >= 4 is 21.5 Å². The van der Waals surface area contributed by atoms with Gasteiger partial charge in [-0.25, -0.2) is 0 Å². The number of benzene rings is 1. The molecule has 1 fully saturated rings. The molecule has 3 rings (SSSR count). The Kier molecular flexibility index (Phi) is 3.52. The van der Waals surface area contributed by atoms with Crippen LogP contribution in [0.1, 0.15) is 19.8 Å². The molecule has 0 radical (unpaired) electrons. The van der Waals surface area contributed by atoms with Crippen LogP contribution in [-0.4, -0.2) is 38.8 Å². The number of nitrogens with zero attached hydrogens (tertiary/aromatic N) is 2. The number of likely N-dealkylation sites (tertiary alicyclic amines) is 1. The van der Waals surface area contributed by atoms with Crippen LogP contribution < -0.4 is 5.32 Å². The molecular formula is C14H19N3O2S. The van der Waals surface area contributed by atoms with Gasteiger partial charge in [0.1, 0.15) is 10.7 Å². The van der Waals surface area contributed by atoms with E-state index in [1.807, 2.05) is 6.07 Å². The summed E-state index contributed by atoms with van der Waals surface area (Å²) in [6, 6.07) is 6.90. The van der Waals surface area contributed by atoms with Crippen molar-refractivity contribution in [2.45, 2.75) is 24.7 Å². The van der Waals surface area contributed by atoms with Gasteiger partial charge >= 0.3 is 0 Å². The van der Waals surface area contributed by atoms with Crippen LogP contribution in [0, 0.1) is 5.92 Å². The van der Waals surface area contributed by atoms with E-state index in [1.165, 1.54) is 6.42 Å². The third-order valence-electron chi connectivity index (χ3n) is 3.79. The molecular weight excluding hydrogens is 274 g/mol. The molecule has 5 nitrogen and oxygen atoms in total. The molecule has 0 aliphatic carbocycles. The Morgan fingerprint density at radius 2 is 2.20 bits per heavy atom. The lowest BCUT2D eigenvalue weighted by molar-refractivity contribution is 0.207. The standard InChI is InChI=1S/C14H19N3O2S/c1-11-5-4-8-17(9-11)10-14-15-12-6-2-3-7-13(12)20(18,19)16-14/h2-3,6-7,11H,4-5,8-10H2,1H3,(H,15,16)/t11-/m0/s1. The van der Waals surface area contributed by atoms with Crippen molar-refractivity contribution < 1.29 is 8.42 Å². The SMILES string of the molecule is C[C@H]1CCCN(CC2=NS(=O)(=O)c3ccccc3N2)C1. The first-order valence-corrected chi connectivity index (χ1v) is 8.41. The van der Waals surface area contributed by atoms with Crippen LogP contribution in [0.15, 0.2) is 33.6 Å². The van der Waals surface area contributed by atoms with E-state index in [0.717, 1.165) is 19.5 Å². The van der Waals surface area contributed by atoms with Gasteiger partial charge in [-0.05, 0) is 37.4 Å². The highest BCUT2D eigenvalue weighted by Crippen LogP contribution is 2.27. The van der Waals surface area contributed by atoms with Gasteiger partial charge in [-0.15, -0.1) is 4.40 Å². The summed E-state index contributed by atoms with van der Waals surface area (Å²) in [6.45, 7) is 4.81. The van der Waals surface area contributed by atoms with Crippen molar-refractivity contribution in [3.8, 4) is 0 Å². The lowest BCUT2D eigenvalue weighted by Crippen LogP contribution is -2.41. The first kappa shape index (κ1) is 13.6. The maximum atomic E-state index is 12.1. The number of sulfonamides is 1. The number of nitrogens with one attached hydrogen (secondary N) is 1. The first-order chi connectivity index (χ1) is 9.54. The summed E-state index contributed by atoms with van der Waals surface area (Å²) in [4.78, 5) is 2.53. The number of amidine groups is 1. The maximum Gasteiger partial charge on any atom is 0.286 e. The molecule has 1 aromatic carbocycles. The van der Waals surface area contributed by atoms with Gasteiger partial charge in [0, 0.05) is 6.54 Å². The van der Waals surface area contributed by atoms with Gasteiger partial charge in [0.25, 0.3) is 10.0 Å². The van der Waals surface area contributed by atoms with Crippen molar-refractivity contribution in [3.63, 3.8) is 0 Å². The third kappa shape index (κ3) is 2.71. The van der Waals surface area contributed by atoms with E-state index in [-0.39, 0.29) is 4.90 Å².